The van der Waals surface area contributed by atoms with Crippen molar-refractivity contribution < 1.29 is 22.3 Å². The van der Waals surface area contributed by atoms with E-state index < -0.39 is 16.7 Å². The number of thiol groups is 1. The van der Waals surface area contributed by atoms with Crippen molar-refractivity contribution in [3.05, 3.63) is 42.1 Å². The van der Waals surface area contributed by atoms with E-state index in [1.165, 1.54) is 24.5 Å². The van der Waals surface area contributed by atoms with Crippen LogP contribution in [-0.2, 0) is 10.9 Å². The topological polar surface area (TPSA) is 108 Å². The molecule has 3 fully saturated rings. The molecule has 10 nitrogen and oxygen atoms in total. The second-order valence-corrected chi connectivity index (χ2v) is 12.8. The number of nitrogens with zero attached hydrogens (tertiary/aromatic N) is 5. The van der Waals surface area contributed by atoms with Crippen LogP contribution in [0, 0.1) is 17.2 Å². The van der Waals surface area contributed by atoms with Gasteiger partial charge in [-0.2, -0.15) is 0 Å². The number of benzene rings is 1. The number of hydrogen-bond acceptors (Lipinski definition) is 8. The van der Waals surface area contributed by atoms with E-state index in [1.807, 2.05) is 20.8 Å². The average Bonchev–Trinajstić information content (AvgIpc) is 3.38. The molecular formula is C29H41FN6O4S. The molecule has 5 rings (SSSR count). The molecule has 1 saturated carbocycles. The van der Waals surface area contributed by atoms with Gasteiger partial charge in [0.1, 0.15) is 17.9 Å². The third-order valence-electron chi connectivity index (χ3n) is 8.83. The Morgan fingerprint density at radius 1 is 1.22 bits per heavy atom. The largest absolute Gasteiger partial charge is 0.451 e. The molecular weight excluding hydrogens is 547 g/mol. The number of anilines is 1. The van der Waals surface area contributed by atoms with Crippen molar-refractivity contribution in [1.29, 1.82) is 0 Å². The highest BCUT2D eigenvalue weighted by Gasteiger charge is 2.45. The Bertz CT molecular complexity index is 1300. The van der Waals surface area contributed by atoms with Crippen molar-refractivity contribution in [3.63, 3.8) is 0 Å². The summed E-state index contributed by atoms with van der Waals surface area (Å²) in [6.45, 7) is 11.1. The van der Waals surface area contributed by atoms with E-state index in [2.05, 4.69) is 24.5 Å². The van der Waals surface area contributed by atoms with E-state index >= 15 is 0 Å². The minimum absolute atomic E-state index is 0.0369. The first-order valence-corrected chi connectivity index (χ1v) is 15.8. The van der Waals surface area contributed by atoms with Crippen molar-refractivity contribution in [1.82, 2.24) is 24.5 Å². The summed E-state index contributed by atoms with van der Waals surface area (Å²) in [5.41, 5.74) is 0.513. The van der Waals surface area contributed by atoms with E-state index in [0.717, 1.165) is 64.8 Å². The number of carbonyl (C=O) groups excluding carboxylic acids is 1. The summed E-state index contributed by atoms with van der Waals surface area (Å²) in [6.07, 6.45) is 8.11. The van der Waals surface area contributed by atoms with Crippen LogP contribution < -0.4 is 14.4 Å². The SMILES string of the molecule is CCN(C(=O)c1cc(F)ccc1Oc1cncnc1N1CC[C@H](CN2CC3(CCC(N[SH](=O)=O)CC3)C2)C1)C(C)C. The summed E-state index contributed by atoms with van der Waals surface area (Å²) in [5.74, 6) is 1.10. The standard InChI is InChI=1S/C29H41FN6O4S/c1-4-36(20(2)3)28(37)24-13-22(30)5-6-25(24)40-26-14-31-19-32-27(26)35-12-9-21(16-35)15-34-17-29(18-34)10-7-23(8-11-29)33-41(38)39/h5-6,13-14,19-21,23,41H,4,7-12,15-18H2,1-3H3,(H,33,38,39)/t21-/m1/s1. The van der Waals surface area contributed by atoms with Crippen LogP contribution in [0.1, 0.15) is 63.2 Å². The number of amides is 1. The Hall–Kier alpha value is -2.83. The fourth-order valence-corrected chi connectivity index (χ4v) is 7.35. The van der Waals surface area contributed by atoms with Gasteiger partial charge < -0.3 is 19.4 Å². The molecule has 2 aromatic rings. The predicted molar refractivity (Wildman–Crippen MR) is 155 cm³/mol. The van der Waals surface area contributed by atoms with E-state index in [4.69, 9.17) is 4.74 Å². The minimum Gasteiger partial charge on any atom is -0.451 e. The Kier molecular flexibility index (Phi) is 9.10. The van der Waals surface area contributed by atoms with Crippen molar-refractivity contribution in [3.8, 4) is 11.5 Å². The third kappa shape index (κ3) is 6.81. The van der Waals surface area contributed by atoms with Gasteiger partial charge in [0, 0.05) is 51.4 Å². The molecule has 1 amide bonds. The maximum absolute atomic E-state index is 14.2. The smallest absolute Gasteiger partial charge is 0.257 e. The molecule has 1 aliphatic carbocycles. The molecule has 0 unspecified atom stereocenters. The second kappa shape index (κ2) is 12.6. The van der Waals surface area contributed by atoms with Gasteiger partial charge in [0.05, 0.1) is 11.8 Å². The first-order valence-electron chi connectivity index (χ1n) is 14.6. The number of nitrogens with one attached hydrogen (secondary N) is 1. The van der Waals surface area contributed by atoms with Crippen molar-refractivity contribution in [2.24, 2.45) is 11.3 Å². The molecule has 2 aliphatic heterocycles. The number of likely N-dealkylation sites (tertiary alicyclic amines) is 1. The Morgan fingerprint density at radius 2 is 1.98 bits per heavy atom. The summed E-state index contributed by atoms with van der Waals surface area (Å²) in [5, 5.41) is 0. The maximum atomic E-state index is 14.2. The fourth-order valence-electron chi connectivity index (χ4n) is 6.79. The van der Waals surface area contributed by atoms with Crippen molar-refractivity contribution >= 4 is 22.6 Å². The average molecular weight is 589 g/mol. The van der Waals surface area contributed by atoms with Crippen molar-refractivity contribution in [2.75, 3.05) is 44.2 Å². The predicted octanol–water partition coefficient (Wildman–Crippen LogP) is 3.47. The second-order valence-electron chi connectivity index (χ2n) is 12.1. The van der Waals surface area contributed by atoms with Crippen LogP contribution in [-0.4, -0.2) is 85.4 Å². The molecule has 224 valence electrons. The monoisotopic (exact) mass is 588 g/mol. The van der Waals surface area contributed by atoms with Gasteiger partial charge in [-0.3, -0.25) is 4.79 Å². The van der Waals surface area contributed by atoms with Gasteiger partial charge in [-0.15, -0.1) is 0 Å². The highest BCUT2D eigenvalue weighted by molar-refractivity contribution is 7.70. The number of ether oxygens (including phenoxy) is 1. The highest BCUT2D eigenvalue weighted by Crippen LogP contribution is 2.44. The zero-order chi connectivity index (χ0) is 29.1. The molecule has 1 aromatic heterocycles. The molecule has 1 N–H and O–H groups in total. The molecule has 12 heteroatoms. The number of carbonyl (C=O) groups is 1. The van der Waals surface area contributed by atoms with Gasteiger partial charge in [-0.05, 0) is 82.4 Å². The van der Waals surface area contributed by atoms with Crippen LogP contribution in [0.3, 0.4) is 0 Å². The number of aromatic nitrogens is 2. The van der Waals surface area contributed by atoms with E-state index in [-0.39, 0.29) is 29.3 Å². The van der Waals surface area contributed by atoms with E-state index in [0.29, 0.717) is 29.4 Å². The van der Waals surface area contributed by atoms with Crippen molar-refractivity contribution in [2.45, 2.75) is 65.0 Å². The van der Waals surface area contributed by atoms with Gasteiger partial charge in [0.2, 0.25) is 10.9 Å². The van der Waals surface area contributed by atoms with E-state index in [1.54, 1.807) is 11.1 Å². The number of rotatable bonds is 10. The molecule has 2 saturated heterocycles. The zero-order valence-electron chi connectivity index (χ0n) is 24.1. The lowest BCUT2D eigenvalue weighted by Crippen LogP contribution is -2.59. The molecule has 1 spiro atoms. The number of halogens is 1. The van der Waals surface area contributed by atoms with Crippen LogP contribution in [0.2, 0.25) is 0 Å². The Morgan fingerprint density at radius 3 is 2.66 bits per heavy atom. The van der Waals surface area contributed by atoms with Crippen LogP contribution in [0.5, 0.6) is 11.5 Å². The molecule has 0 radical (unpaired) electrons. The molecule has 41 heavy (non-hydrogen) atoms. The lowest BCUT2D eigenvalue weighted by atomic mass is 9.67. The van der Waals surface area contributed by atoms with Crippen LogP contribution >= 0.6 is 0 Å². The first kappa shape index (κ1) is 29.7. The zero-order valence-corrected chi connectivity index (χ0v) is 25.0. The first-order chi connectivity index (χ1) is 19.7. The lowest BCUT2D eigenvalue weighted by molar-refractivity contribution is -0.0385. The lowest BCUT2D eigenvalue weighted by Gasteiger charge is -2.54. The minimum atomic E-state index is -2.53. The van der Waals surface area contributed by atoms with E-state index in [9.17, 15) is 17.6 Å². The summed E-state index contributed by atoms with van der Waals surface area (Å²) in [4.78, 5) is 28.4. The summed E-state index contributed by atoms with van der Waals surface area (Å²) >= 11 is 0. The quantitative estimate of drug-likeness (QED) is 0.407. The highest BCUT2D eigenvalue weighted by atomic mass is 32.2. The van der Waals surface area contributed by atoms with Crippen LogP contribution in [0.25, 0.3) is 0 Å². The van der Waals surface area contributed by atoms with Crippen LogP contribution in [0.4, 0.5) is 10.2 Å². The normalized spacial score (nSPS) is 21.0. The van der Waals surface area contributed by atoms with Gasteiger partial charge in [-0.1, -0.05) is 0 Å². The van der Waals surface area contributed by atoms with Crippen LogP contribution in [0.15, 0.2) is 30.7 Å². The van der Waals surface area contributed by atoms with Gasteiger partial charge in [0.25, 0.3) is 5.91 Å². The number of hydrogen-bond donors (Lipinski definition) is 2. The third-order valence-corrected chi connectivity index (χ3v) is 9.41. The summed E-state index contributed by atoms with van der Waals surface area (Å²) in [7, 11) is -2.53. The van der Waals surface area contributed by atoms with Gasteiger partial charge >= 0.3 is 0 Å². The van der Waals surface area contributed by atoms with Gasteiger partial charge in [-0.25, -0.2) is 27.5 Å². The molecule has 3 heterocycles. The Balaban J connectivity index is 1.20. The maximum Gasteiger partial charge on any atom is 0.257 e. The molecule has 0 bridgehead atoms. The molecule has 1 atom stereocenters. The fraction of sp³-hybridized carbons (Fsp3) is 0.621. The van der Waals surface area contributed by atoms with Gasteiger partial charge in [0.15, 0.2) is 11.6 Å². The molecule has 3 aliphatic rings. The summed E-state index contributed by atoms with van der Waals surface area (Å²) < 4.78 is 45.1. The Labute approximate surface area is 243 Å². The molecule has 1 aromatic carbocycles. The summed E-state index contributed by atoms with van der Waals surface area (Å²) in [6, 6.07) is 4.07.